The molecule has 3 rings (SSSR count). The van der Waals surface area contributed by atoms with Gasteiger partial charge in [0.15, 0.2) is 4.34 Å². The Bertz CT molecular complexity index is 960. The van der Waals surface area contributed by atoms with E-state index in [-0.39, 0.29) is 17.3 Å². The minimum Gasteiger partial charge on any atom is -0.497 e. The van der Waals surface area contributed by atoms with Gasteiger partial charge < -0.3 is 10.1 Å². The summed E-state index contributed by atoms with van der Waals surface area (Å²) in [6.45, 7) is 4.80. The number of amides is 1. The number of rotatable bonds is 8. The van der Waals surface area contributed by atoms with E-state index in [1.807, 2.05) is 0 Å². The summed E-state index contributed by atoms with van der Waals surface area (Å²) in [4.78, 5) is 12.9. The van der Waals surface area contributed by atoms with Crippen LogP contribution >= 0.6 is 23.1 Å². The highest BCUT2D eigenvalue weighted by atomic mass is 32.2. The fourth-order valence-corrected chi connectivity index (χ4v) is 6.29. The summed E-state index contributed by atoms with van der Waals surface area (Å²) in [7, 11) is -2.14. The van der Waals surface area contributed by atoms with Crippen molar-refractivity contribution in [3.05, 3.63) is 24.3 Å². The van der Waals surface area contributed by atoms with Crippen molar-refractivity contribution in [3.8, 4) is 5.75 Å². The second-order valence-corrected chi connectivity index (χ2v) is 11.6. The van der Waals surface area contributed by atoms with Gasteiger partial charge in [0.25, 0.3) is 0 Å². The second-order valence-electron chi connectivity index (χ2n) is 7.44. The summed E-state index contributed by atoms with van der Waals surface area (Å²) in [6, 6.07) is 6.28. The van der Waals surface area contributed by atoms with E-state index in [9.17, 15) is 13.2 Å². The summed E-state index contributed by atoms with van der Waals surface area (Å²) in [5.74, 6) is 1.41. The lowest BCUT2D eigenvalue weighted by Gasteiger charge is -2.31. The molecule has 1 amide bonds. The topological polar surface area (TPSA) is 101 Å². The highest BCUT2D eigenvalue weighted by Crippen LogP contribution is 2.29. The highest BCUT2D eigenvalue weighted by Gasteiger charge is 2.33. The Morgan fingerprint density at radius 2 is 2.07 bits per heavy atom. The zero-order chi connectivity index (χ0) is 21.7. The zero-order valence-corrected chi connectivity index (χ0v) is 19.6. The molecule has 1 aromatic carbocycles. The molecule has 1 fully saturated rings. The molecule has 30 heavy (non-hydrogen) atoms. The first-order valence-electron chi connectivity index (χ1n) is 9.71. The Balaban J connectivity index is 1.63. The molecular formula is C19H26N4O4S3. The van der Waals surface area contributed by atoms with Gasteiger partial charge in [-0.15, -0.1) is 10.2 Å². The van der Waals surface area contributed by atoms with Crippen molar-refractivity contribution in [1.82, 2.24) is 14.5 Å². The summed E-state index contributed by atoms with van der Waals surface area (Å²) >= 11 is 2.95. The molecule has 11 heteroatoms. The number of hydrogen-bond donors (Lipinski definition) is 1. The molecule has 0 aliphatic carbocycles. The largest absolute Gasteiger partial charge is 0.497 e. The molecule has 0 bridgehead atoms. The Labute approximate surface area is 185 Å². The lowest BCUT2D eigenvalue weighted by atomic mass is 9.99. The summed E-state index contributed by atoms with van der Waals surface area (Å²) in [5, 5.41) is 11.4. The first-order valence-corrected chi connectivity index (χ1v) is 12.9. The van der Waals surface area contributed by atoms with Gasteiger partial charge in [-0.2, -0.15) is 4.31 Å². The van der Waals surface area contributed by atoms with Crippen LogP contribution in [0.1, 0.15) is 26.7 Å². The van der Waals surface area contributed by atoms with Crippen molar-refractivity contribution in [3.63, 3.8) is 0 Å². The van der Waals surface area contributed by atoms with E-state index in [1.54, 1.807) is 23.9 Å². The van der Waals surface area contributed by atoms with Crippen LogP contribution < -0.4 is 10.1 Å². The molecule has 0 spiro atoms. The van der Waals surface area contributed by atoms with Gasteiger partial charge >= 0.3 is 0 Å². The molecule has 164 valence electrons. The third-order valence-electron chi connectivity index (χ3n) is 4.63. The van der Waals surface area contributed by atoms with Crippen LogP contribution in [0.3, 0.4) is 0 Å². The fourth-order valence-electron chi connectivity index (χ4n) is 3.04. The lowest BCUT2D eigenvalue weighted by Crippen LogP contribution is -2.43. The third-order valence-corrected chi connectivity index (χ3v) is 8.91. The number of benzene rings is 1. The summed E-state index contributed by atoms with van der Waals surface area (Å²) < 4.78 is 33.2. The lowest BCUT2D eigenvalue weighted by molar-refractivity contribution is -0.120. The van der Waals surface area contributed by atoms with Gasteiger partial charge in [-0.1, -0.05) is 36.9 Å². The Hall–Kier alpha value is -1.69. The van der Waals surface area contributed by atoms with Gasteiger partial charge in [0.05, 0.1) is 17.9 Å². The van der Waals surface area contributed by atoms with Gasteiger partial charge in [0.2, 0.25) is 21.1 Å². The molecule has 1 N–H and O–H groups in total. The second kappa shape index (κ2) is 10.1. The zero-order valence-electron chi connectivity index (χ0n) is 17.2. The van der Waals surface area contributed by atoms with Gasteiger partial charge in [0.1, 0.15) is 5.75 Å². The molecule has 2 heterocycles. The maximum absolute atomic E-state index is 13.0. The molecule has 8 nitrogen and oxygen atoms in total. The van der Waals surface area contributed by atoms with Crippen molar-refractivity contribution in [2.45, 2.75) is 35.9 Å². The number of piperidine rings is 1. The van der Waals surface area contributed by atoms with Crippen molar-refractivity contribution in [1.29, 1.82) is 0 Å². The number of sulfonamides is 1. The molecule has 1 unspecified atom stereocenters. The molecule has 1 aliphatic rings. The van der Waals surface area contributed by atoms with Crippen LogP contribution in [0.2, 0.25) is 0 Å². The summed E-state index contributed by atoms with van der Waals surface area (Å²) in [6.07, 6.45) is 1.26. The predicted octanol–water partition coefficient (Wildman–Crippen LogP) is 3.33. The Morgan fingerprint density at radius 1 is 1.33 bits per heavy atom. The standard InChI is InChI=1S/C19H26N4O4S3/c1-13(2)12-28-19-22-21-18(29-19)20-17(24)14-5-4-10-23(11-14)30(25,26)16-8-6-15(27-3)7-9-16/h6-9,13-14H,4-5,10-12H2,1-3H3,(H,20,21,24). The van der Waals surface area contributed by atoms with Crippen LogP contribution in [0.25, 0.3) is 0 Å². The molecule has 1 saturated heterocycles. The van der Waals surface area contributed by atoms with Crippen molar-refractivity contribution in [2.24, 2.45) is 11.8 Å². The van der Waals surface area contributed by atoms with E-state index >= 15 is 0 Å². The number of anilines is 1. The Morgan fingerprint density at radius 3 is 2.73 bits per heavy atom. The van der Waals surface area contributed by atoms with Gasteiger partial charge in [-0.3, -0.25) is 4.79 Å². The average molecular weight is 471 g/mol. The molecule has 1 atom stereocenters. The maximum atomic E-state index is 13.0. The minimum atomic E-state index is -3.67. The number of aromatic nitrogens is 2. The van der Waals surface area contributed by atoms with Gasteiger partial charge in [-0.25, -0.2) is 8.42 Å². The minimum absolute atomic E-state index is 0.147. The van der Waals surface area contributed by atoms with E-state index in [4.69, 9.17) is 4.74 Å². The number of carbonyl (C=O) groups excluding carboxylic acids is 1. The van der Waals surface area contributed by atoms with E-state index in [2.05, 4.69) is 29.4 Å². The van der Waals surface area contributed by atoms with Crippen LogP contribution in [0.15, 0.2) is 33.5 Å². The van der Waals surface area contributed by atoms with Gasteiger partial charge in [0, 0.05) is 18.8 Å². The van der Waals surface area contributed by atoms with Gasteiger partial charge in [-0.05, 0) is 43.0 Å². The predicted molar refractivity (Wildman–Crippen MR) is 119 cm³/mol. The van der Waals surface area contributed by atoms with Crippen LogP contribution in [-0.2, 0) is 14.8 Å². The maximum Gasteiger partial charge on any atom is 0.243 e. The first-order chi connectivity index (χ1) is 14.3. The molecule has 0 saturated carbocycles. The van der Waals surface area contributed by atoms with Crippen molar-refractivity contribution < 1.29 is 17.9 Å². The Kier molecular flexibility index (Phi) is 7.72. The van der Waals surface area contributed by atoms with E-state index < -0.39 is 15.9 Å². The number of nitrogens with zero attached hydrogens (tertiary/aromatic N) is 3. The van der Waals surface area contributed by atoms with E-state index in [1.165, 1.54) is 34.9 Å². The quantitative estimate of drug-likeness (QED) is 0.466. The third kappa shape index (κ3) is 5.71. The number of thioether (sulfide) groups is 1. The molecule has 2 aromatic rings. The molecule has 1 aromatic heterocycles. The smallest absolute Gasteiger partial charge is 0.243 e. The fraction of sp³-hybridized carbons (Fsp3) is 0.526. The average Bonchev–Trinajstić information content (AvgIpc) is 3.19. The van der Waals surface area contributed by atoms with E-state index in [0.717, 1.165) is 10.1 Å². The van der Waals surface area contributed by atoms with Crippen LogP contribution in [0.5, 0.6) is 5.75 Å². The van der Waals surface area contributed by atoms with Crippen molar-refractivity contribution in [2.75, 3.05) is 31.3 Å². The molecular weight excluding hydrogens is 444 g/mol. The monoisotopic (exact) mass is 470 g/mol. The number of methoxy groups -OCH3 is 1. The van der Waals surface area contributed by atoms with Crippen molar-refractivity contribution >= 4 is 44.2 Å². The molecule has 0 radical (unpaired) electrons. The SMILES string of the molecule is COc1ccc(S(=O)(=O)N2CCCC(C(=O)Nc3nnc(SCC(C)C)s3)C2)cc1. The number of ether oxygens (including phenoxy) is 1. The van der Waals surface area contributed by atoms with Crippen LogP contribution in [0, 0.1) is 11.8 Å². The number of carbonyl (C=O) groups is 1. The summed E-state index contributed by atoms with van der Waals surface area (Å²) in [5.41, 5.74) is 0. The highest BCUT2D eigenvalue weighted by molar-refractivity contribution is 8.01. The first kappa shape index (κ1) is 23.0. The van der Waals surface area contributed by atoms with Crippen LogP contribution in [-0.4, -0.2) is 54.8 Å². The van der Waals surface area contributed by atoms with Crippen LogP contribution in [0.4, 0.5) is 5.13 Å². The number of nitrogens with one attached hydrogen (secondary N) is 1. The number of hydrogen-bond acceptors (Lipinski definition) is 8. The van der Waals surface area contributed by atoms with E-state index in [0.29, 0.717) is 36.2 Å². The normalized spacial score (nSPS) is 17.8. The molecule has 1 aliphatic heterocycles.